The van der Waals surface area contributed by atoms with E-state index in [4.69, 9.17) is 0 Å². The molecule has 0 unspecified atom stereocenters. The van der Waals surface area contributed by atoms with Gasteiger partial charge in [0.05, 0.1) is 0 Å². The topological polar surface area (TPSA) is 110 Å². The van der Waals surface area contributed by atoms with E-state index < -0.39 is 0 Å². The number of aromatic nitrogens is 4. The number of pyridine rings is 1. The average Bonchev–Trinajstić information content (AvgIpc) is 2.61. The lowest BCUT2D eigenvalue weighted by molar-refractivity contribution is -0.114. The summed E-state index contributed by atoms with van der Waals surface area (Å²) in [7, 11) is 0. The lowest BCUT2D eigenvalue weighted by Crippen LogP contribution is -2.17. The summed E-state index contributed by atoms with van der Waals surface area (Å²) in [6.45, 7) is 4.95. The van der Waals surface area contributed by atoms with Crippen LogP contribution in [0.4, 0.5) is 11.6 Å². The third-order valence-electron chi connectivity index (χ3n) is 3.68. The smallest absolute Gasteiger partial charge is 0.258 e. The molecule has 3 aromatic rings. The molecule has 8 heteroatoms. The number of carbonyl (C=O) groups excluding carboxylic acids is 2. The Morgan fingerprint density at radius 2 is 1.81 bits per heavy atom. The molecule has 0 spiro atoms. The Morgan fingerprint density at radius 3 is 2.48 bits per heavy atom. The van der Waals surface area contributed by atoms with Crippen molar-refractivity contribution in [3.8, 4) is 11.4 Å². The van der Waals surface area contributed by atoms with Crippen LogP contribution >= 0.6 is 0 Å². The summed E-state index contributed by atoms with van der Waals surface area (Å²) >= 11 is 0. The monoisotopic (exact) mass is 362 g/mol. The standard InChI is InChI=1S/C19H18N6O2/c1-11-9-15(23-13(3)26)6-7-16(11)18(27)25-19-22-12(2)21-17(24-19)14-5-4-8-20-10-14/h4-10H,1-3H3,(H,23,26)(H,21,22,24,25,27). The van der Waals surface area contributed by atoms with Gasteiger partial charge >= 0.3 is 0 Å². The van der Waals surface area contributed by atoms with Crippen LogP contribution in [0.2, 0.25) is 0 Å². The molecule has 3 rings (SSSR count). The maximum atomic E-state index is 12.6. The van der Waals surface area contributed by atoms with E-state index in [2.05, 4.69) is 30.6 Å². The maximum absolute atomic E-state index is 12.6. The summed E-state index contributed by atoms with van der Waals surface area (Å²) < 4.78 is 0. The number of anilines is 2. The van der Waals surface area contributed by atoms with Gasteiger partial charge in [-0.3, -0.25) is 19.9 Å². The van der Waals surface area contributed by atoms with Crippen molar-refractivity contribution in [1.82, 2.24) is 19.9 Å². The van der Waals surface area contributed by atoms with E-state index in [1.807, 2.05) is 6.07 Å². The van der Waals surface area contributed by atoms with Crippen LogP contribution in [0.1, 0.15) is 28.7 Å². The molecule has 0 aliphatic heterocycles. The fourth-order valence-corrected chi connectivity index (χ4v) is 2.53. The normalized spacial score (nSPS) is 10.3. The largest absolute Gasteiger partial charge is 0.326 e. The Hall–Kier alpha value is -3.68. The number of rotatable bonds is 4. The van der Waals surface area contributed by atoms with Crippen LogP contribution in [0.3, 0.4) is 0 Å². The van der Waals surface area contributed by atoms with Crippen LogP contribution in [-0.2, 0) is 4.79 Å². The van der Waals surface area contributed by atoms with E-state index in [9.17, 15) is 9.59 Å². The van der Waals surface area contributed by atoms with Gasteiger partial charge in [-0.05, 0) is 49.7 Å². The molecule has 2 aromatic heterocycles. The van der Waals surface area contributed by atoms with E-state index in [1.165, 1.54) is 6.92 Å². The number of amides is 2. The summed E-state index contributed by atoms with van der Waals surface area (Å²) in [6.07, 6.45) is 3.30. The predicted octanol–water partition coefficient (Wildman–Crippen LogP) is 2.76. The first-order valence-corrected chi connectivity index (χ1v) is 8.25. The highest BCUT2D eigenvalue weighted by Crippen LogP contribution is 2.18. The van der Waals surface area contributed by atoms with E-state index in [-0.39, 0.29) is 17.8 Å². The number of nitrogens with zero attached hydrogens (tertiary/aromatic N) is 4. The molecule has 0 aliphatic rings. The quantitative estimate of drug-likeness (QED) is 0.738. The van der Waals surface area contributed by atoms with Crippen LogP contribution in [0.15, 0.2) is 42.7 Å². The molecule has 0 fully saturated rings. The lowest BCUT2D eigenvalue weighted by Gasteiger charge is -2.10. The number of nitrogens with one attached hydrogen (secondary N) is 2. The molecule has 2 amide bonds. The molecule has 1 aromatic carbocycles. The van der Waals surface area contributed by atoms with Gasteiger partial charge in [0.2, 0.25) is 11.9 Å². The second-order valence-electron chi connectivity index (χ2n) is 5.94. The molecular formula is C19H18N6O2. The van der Waals surface area contributed by atoms with E-state index in [0.717, 1.165) is 11.1 Å². The van der Waals surface area contributed by atoms with Crippen molar-refractivity contribution in [3.05, 3.63) is 59.7 Å². The predicted molar refractivity (Wildman–Crippen MR) is 101 cm³/mol. The highest BCUT2D eigenvalue weighted by atomic mass is 16.2. The van der Waals surface area contributed by atoms with Crippen molar-refractivity contribution in [2.45, 2.75) is 20.8 Å². The third kappa shape index (κ3) is 4.49. The molecule has 27 heavy (non-hydrogen) atoms. The average molecular weight is 362 g/mol. The first-order chi connectivity index (χ1) is 12.9. The molecular weight excluding hydrogens is 344 g/mol. The van der Waals surface area contributed by atoms with Gasteiger partial charge in [0.1, 0.15) is 5.82 Å². The summed E-state index contributed by atoms with van der Waals surface area (Å²) in [4.78, 5) is 40.6. The number of benzene rings is 1. The second-order valence-corrected chi connectivity index (χ2v) is 5.94. The van der Waals surface area contributed by atoms with Gasteiger partial charge in [-0.1, -0.05) is 0 Å². The highest BCUT2D eigenvalue weighted by molar-refractivity contribution is 6.05. The molecule has 2 heterocycles. The Kier molecular flexibility index (Phi) is 5.16. The minimum atomic E-state index is -0.343. The fourth-order valence-electron chi connectivity index (χ4n) is 2.53. The zero-order chi connectivity index (χ0) is 19.4. The minimum absolute atomic E-state index is 0.164. The molecule has 8 nitrogen and oxygen atoms in total. The highest BCUT2D eigenvalue weighted by Gasteiger charge is 2.13. The maximum Gasteiger partial charge on any atom is 0.258 e. The fraction of sp³-hybridized carbons (Fsp3) is 0.158. The van der Waals surface area contributed by atoms with Gasteiger partial charge in [0.15, 0.2) is 5.82 Å². The van der Waals surface area contributed by atoms with Crippen molar-refractivity contribution >= 4 is 23.5 Å². The van der Waals surface area contributed by atoms with Gasteiger partial charge in [-0.2, -0.15) is 9.97 Å². The Balaban J connectivity index is 1.84. The van der Waals surface area contributed by atoms with Crippen LogP contribution in [0, 0.1) is 13.8 Å². The third-order valence-corrected chi connectivity index (χ3v) is 3.68. The summed E-state index contributed by atoms with van der Waals surface area (Å²) in [5.41, 5.74) is 2.54. The van der Waals surface area contributed by atoms with Gasteiger partial charge in [0.25, 0.3) is 5.91 Å². The van der Waals surface area contributed by atoms with Gasteiger partial charge in [-0.25, -0.2) is 4.98 Å². The van der Waals surface area contributed by atoms with Crippen molar-refractivity contribution < 1.29 is 9.59 Å². The van der Waals surface area contributed by atoms with Crippen LogP contribution < -0.4 is 10.6 Å². The van der Waals surface area contributed by atoms with Gasteiger partial charge in [0, 0.05) is 36.1 Å². The van der Waals surface area contributed by atoms with Gasteiger partial charge < -0.3 is 5.32 Å². The number of hydrogen-bond acceptors (Lipinski definition) is 6. The van der Waals surface area contributed by atoms with Crippen molar-refractivity contribution in [1.29, 1.82) is 0 Å². The van der Waals surface area contributed by atoms with E-state index >= 15 is 0 Å². The summed E-state index contributed by atoms with van der Waals surface area (Å²) in [5, 5.41) is 5.39. The second kappa shape index (κ2) is 7.69. The van der Waals surface area contributed by atoms with E-state index in [0.29, 0.717) is 22.9 Å². The van der Waals surface area contributed by atoms with Crippen LogP contribution in [0.5, 0.6) is 0 Å². The summed E-state index contributed by atoms with van der Waals surface area (Å²) in [5.74, 6) is 0.567. The molecule has 0 saturated heterocycles. The first kappa shape index (κ1) is 18.1. The molecule has 136 valence electrons. The first-order valence-electron chi connectivity index (χ1n) is 8.25. The summed E-state index contributed by atoms with van der Waals surface area (Å²) in [6, 6.07) is 8.66. The van der Waals surface area contributed by atoms with Crippen molar-refractivity contribution in [2.24, 2.45) is 0 Å². The van der Waals surface area contributed by atoms with Crippen LogP contribution in [-0.4, -0.2) is 31.8 Å². The molecule has 0 bridgehead atoms. The molecule has 2 N–H and O–H groups in total. The Morgan fingerprint density at radius 1 is 1.00 bits per heavy atom. The van der Waals surface area contributed by atoms with Crippen molar-refractivity contribution in [3.63, 3.8) is 0 Å². The minimum Gasteiger partial charge on any atom is -0.326 e. The molecule has 0 atom stereocenters. The van der Waals surface area contributed by atoms with Crippen molar-refractivity contribution in [2.75, 3.05) is 10.6 Å². The number of carbonyl (C=O) groups is 2. The van der Waals surface area contributed by atoms with Crippen LogP contribution in [0.25, 0.3) is 11.4 Å². The lowest BCUT2D eigenvalue weighted by atomic mass is 10.1. The molecule has 0 radical (unpaired) electrons. The SMILES string of the molecule is CC(=O)Nc1ccc(C(=O)Nc2nc(C)nc(-c3cccnc3)n2)c(C)c1. The Labute approximate surface area is 156 Å². The Bertz CT molecular complexity index is 1000. The number of hydrogen-bond donors (Lipinski definition) is 2. The molecule has 0 saturated carbocycles. The number of aryl methyl sites for hydroxylation is 2. The van der Waals surface area contributed by atoms with Gasteiger partial charge in [-0.15, -0.1) is 0 Å². The zero-order valence-corrected chi connectivity index (χ0v) is 15.1. The molecule has 0 aliphatic carbocycles. The van der Waals surface area contributed by atoms with E-state index in [1.54, 1.807) is 50.5 Å². The zero-order valence-electron chi connectivity index (χ0n) is 15.1.